The summed E-state index contributed by atoms with van der Waals surface area (Å²) in [5.74, 6) is -0.225. The standard InChI is InChI=1S/C15H18N2O2S/c1-2-19-15(18)14-10-11-9-12(3-4-13(11)20-14)17-7-5-16-6-8-17/h3-4,9-10,16H,2,5-8H2,1H3. The number of ether oxygens (including phenoxy) is 1. The fraction of sp³-hybridized carbons (Fsp3) is 0.400. The monoisotopic (exact) mass is 290 g/mol. The molecule has 0 bridgehead atoms. The Bertz CT molecular complexity index is 617. The smallest absolute Gasteiger partial charge is 0.348 e. The van der Waals surface area contributed by atoms with Crippen molar-refractivity contribution in [3.8, 4) is 0 Å². The van der Waals surface area contributed by atoms with E-state index in [2.05, 4.69) is 28.4 Å². The van der Waals surface area contributed by atoms with Crippen molar-refractivity contribution in [1.29, 1.82) is 0 Å². The third kappa shape index (κ3) is 2.64. The molecule has 0 radical (unpaired) electrons. The number of anilines is 1. The summed E-state index contributed by atoms with van der Waals surface area (Å²) in [7, 11) is 0. The quantitative estimate of drug-likeness (QED) is 0.882. The molecule has 0 amide bonds. The lowest BCUT2D eigenvalue weighted by molar-refractivity contribution is 0.0532. The summed E-state index contributed by atoms with van der Waals surface area (Å²) in [5.41, 5.74) is 1.23. The van der Waals surface area contributed by atoms with Crippen LogP contribution in [0.1, 0.15) is 16.6 Å². The van der Waals surface area contributed by atoms with Crippen LogP contribution in [0, 0.1) is 0 Å². The topological polar surface area (TPSA) is 41.6 Å². The second kappa shape index (κ2) is 5.81. The van der Waals surface area contributed by atoms with E-state index in [1.54, 1.807) is 0 Å². The van der Waals surface area contributed by atoms with Crippen molar-refractivity contribution in [2.75, 3.05) is 37.7 Å². The Balaban J connectivity index is 1.88. The predicted molar refractivity (Wildman–Crippen MR) is 82.9 cm³/mol. The van der Waals surface area contributed by atoms with Crippen molar-refractivity contribution in [2.24, 2.45) is 0 Å². The Labute approximate surface area is 122 Å². The van der Waals surface area contributed by atoms with E-state index in [0.717, 1.165) is 36.3 Å². The van der Waals surface area contributed by atoms with Gasteiger partial charge in [0.2, 0.25) is 0 Å². The number of carbonyl (C=O) groups excluding carboxylic acids is 1. The molecule has 5 heteroatoms. The van der Waals surface area contributed by atoms with Crippen molar-refractivity contribution >= 4 is 33.1 Å². The van der Waals surface area contributed by atoms with E-state index in [4.69, 9.17) is 4.74 Å². The van der Waals surface area contributed by atoms with E-state index >= 15 is 0 Å². The highest BCUT2D eigenvalue weighted by Gasteiger charge is 2.14. The summed E-state index contributed by atoms with van der Waals surface area (Å²) < 4.78 is 6.19. The molecule has 20 heavy (non-hydrogen) atoms. The van der Waals surface area contributed by atoms with Crippen molar-refractivity contribution in [1.82, 2.24) is 5.32 Å². The highest BCUT2D eigenvalue weighted by molar-refractivity contribution is 7.20. The first-order valence-electron chi connectivity index (χ1n) is 6.94. The minimum Gasteiger partial charge on any atom is -0.462 e. The van der Waals surface area contributed by atoms with Crippen molar-refractivity contribution < 1.29 is 9.53 Å². The van der Waals surface area contributed by atoms with Gasteiger partial charge in [-0.3, -0.25) is 0 Å². The molecule has 3 rings (SSSR count). The lowest BCUT2D eigenvalue weighted by atomic mass is 10.2. The third-order valence-electron chi connectivity index (χ3n) is 3.46. The Morgan fingerprint density at radius 2 is 2.15 bits per heavy atom. The van der Waals surface area contributed by atoms with E-state index < -0.39 is 0 Å². The summed E-state index contributed by atoms with van der Waals surface area (Å²) in [6.07, 6.45) is 0. The molecule has 1 aromatic heterocycles. The lowest BCUT2D eigenvalue weighted by Crippen LogP contribution is -2.43. The highest BCUT2D eigenvalue weighted by Crippen LogP contribution is 2.30. The van der Waals surface area contributed by atoms with Crippen LogP contribution in [0.15, 0.2) is 24.3 Å². The average Bonchev–Trinajstić information content (AvgIpc) is 2.91. The Hall–Kier alpha value is -1.59. The molecule has 0 spiro atoms. The summed E-state index contributed by atoms with van der Waals surface area (Å²) in [6.45, 7) is 6.35. The molecule has 1 N–H and O–H groups in total. The number of fused-ring (bicyclic) bond motifs is 1. The van der Waals surface area contributed by atoms with Crippen LogP contribution < -0.4 is 10.2 Å². The molecule has 0 saturated carbocycles. The van der Waals surface area contributed by atoms with Gasteiger partial charge in [0, 0.05) is 36.6 Å². The number of esters is 1. The minimum absolute atomic E-state index is 0.225. The largest absolute Gasteiger partial charge is 0.462 e. The van der Waals surface area contributed by atoms with Crippen molar-refractivity contribution in [2.45, 2.75) is 6.92 Å². The molecular weight excluding hydrogens is 272 g/mol. The molecule has 1 aromatic carbocycles. The van der Waals surface area contributed by atoms with Crippen LogP contribution in [0.25, 0.3) is 10.1 Å². The summed E-state index contributed by atoms with van der Waals surface area (Å²) in [6, 6.07) is 8.34. The van der Waals surface area contributed by atoms with E-state index in [-0.39, 0.29) is 5.97 Å². The average molecular weight is 290 g/mol. The third-order valence-corrected chi connectivity index (χ3v) is 4.55. The summed E-state index contributed by atoms with van der Waals surface area (Å²) in [4.78, 5) is 14.8. The Morgan fingerprint density at radius 3 is 2.90 bits per heavy atom. The number of hydrogen-bond acceptors (Lipinski definition) is 5. The molecule has 1 saturated heterocycles. The zero-order valence-corrected chi connectivity index (χ0v) is 12.3. The van der Waals surface area contributed by atoms with Crippen LogP contribution in [0.4, 0.5) is 5.69 Å². The van der Waals surface area contributed by atoms with Gasteiger partial charge < -0.3 is 15.0 Å². The van der Waals surface area contributed by atoms with Crippen LogP contribution in [-0.4, -0.2) is 38.8 Å². The second-order valence-electron chi connectivity index (χ2n) is 4.79. The zero-order valence-electron chi connectivity index (χ0n) is 11.5. The van der Waals surface area contributed by atoms with Crippen LogP contribution in [0.2, 0.25) is 0 Å². The van der Waals surface area contributed by atoms with E-state index in [1.807, 2.05) is 13.0 Å². The van der Waals surface area contributed by atoms with Crippen molar-refractivity contribution in [3.05, 3.63) is 29.1 Å². The van der Waals surface area contributed by atoms with Gasteiger partial charge in [0.15, 0.2) is 0 Å². The maximum atomic E-state index is 11.8. The number of nitrogens with one attached hydrogen (secondary N) is 1. The van der Waals surface area contributed by atoms with Gasteiger partial charge in [0.1, 0.15) is 4.88 Å². The molecule has 2 aromatic rings. The molecule has 1 aliphatic heterocycles. The van der Waals surface area contributed by atoms with Gasteiger partial charge in [0.05, 0.1) is 6.61 Å². The maximum absolute atomic E-state index is 11.8. The van der Waals surface area contributed by atoms with Crippen LogP contribution in [0.3, 0.4) is 0 Å². The molecule has 0 aliphatic carbocycles. The SMILES string of the molecule is CCOC(=O)c1cc2cc(N3CCNCC3)ccc2s1. The number of carbonyl (C=O) groups is 1. The van der Waals surface area contributed by atoms with E-state index in [1.165, 1.54) is 17.0 Å². The molecule has 2 heterocycles. The van der Waals surface area contributed by atoms with Gasteiger partial charge in [-0.15, -0.1) is 11.3 Å². The summed E-state index contributed by atoms with van der Waals surface area (Å²) in [5, 5.41) is 4.47. The molecule has 4 nitrogen and oxygen atoms in total. The normalized spacial score (nSPS) is 15.6. The fourth-order valence-corrected chi connectivity index (χ4v) is 3.39. The van der Waals surface area contributed by atoms with Gasteiger partial charge in [0.25, 0.3) is 0 Å². The van der Waals surface area contributed by atoms with Gasteiger partial charge >= 0.3 is 5.97 Å². The van der Waals surface area contributed by atoms with Crippen LogP contribution in [0.5, 0.6) is 0 Å². The van der Waals surface area contributed by atoms with E-state index in [9.17, 15) is 4.79 Å². The molecule has 1 aliphatic rings. The Kier molecular flexibility index (Phi) is 3.89. The van der Waals surface area contributed by atoms with Gasteiger partial charge in [-0.25, -0.2) is 4.79 Å². The number of benzene rings is 1. The Morgan fingerprint density at radius 1 is 1.35 bits per heavy atom. The molecule has 106 valence electrons. The molecule has 1 fully saturated rings. The first-order valence-corrected chi connectivity index (χ1v) is 7.76. The maximum Gasteiger partial charge on any atom is 0.348 e. The number of hydrogen-bond donors (Lipinski definition) is 1. The minimum atomic E-state index is -0.225. The number of nitrogens with zero attached hydrogens (tertiary/aromatic N) is 1. The van der Waals surface area contributed by atoms with Crippen LogP contribution >= 0.6 is 11.3 Å². The fourth-order valence-electron chi connectivity index (χ4n) is 2.45. The molecule has 0 atom stereocenters. The molecular formula is C15H18N2O2S. The van der Waals surface area contributed by atoms with Crippen molar-refractivity contribution in [3.63, 3.8) is 0 Å². The van der Waals surface area contributed by atoms with Crippen LogP contribution in [-0.2, 0) is 4.74 Å². The van der Waals surface area contributed by atoms with E-state index in [0.29, 0.717) is 11.5 Å². The van der Waals surface area contributed by atoms with Gasteiger partial charge in [-0.05, 0) is 36.6 Å². The van der Waals surface area contributed by atoms with Gasteiger partial charge in [-0.2, -0.15) is 0 Å². The molecule has 0 unspecified atom stereocenters. The second-order valence-corrected chi connectivity index (χ2v) is 5.87. The number of piperazine rings is 1. The zero-order chi connectivity index (χ0) is 13.9. The predicted octanol–water partition coefficient (Wildman–Crippen LogP) is 2.49. The highest BCUT2D eigenvalue weighted by atomic mass is 32.1. The number of rotatable bonds is 3. The first kappa shape index (κ1) is 13.4. The first-order chi connectivity index (χ1) is 9.78. The summed E-state index contributed by atoms with van der Waals surface area (Å²) >= 11 is 1.50. The number of thiophene rings is 1. The lowest BCUT2D eigenvalue weighted by Gasteiger charge is -2.29. The van der Waals surface area contributed by atoms with Gasteiger partial charge in [-0.1, -0.05) is 0 Å².